The van der Waals surface area contributed by atoms with Crippen LogP contribution in [0.25, 0.3) is 5.57 Å². The molecule has 4 heteroatoms. The van der Waals surface area contributed by atoms with Gasteiger partial charge in [0.25, 0.3) is 5.91 Å². The molecule has 0 bridgehead atoms. The van der Waals surface area contributed by atoms with Crippen molar-refractivity contribution in [1.82, 2.24) is 4.90 Å². The zero-order chi connectivity index (χ0) is 20.6. The van der Waals surface area contributed by atoms with Crippen LogP contribution in [0.4, 0.5) is 0 Å². The second-order valence-electron chi connectivity index (χ2n) is 7.46. The van der Waals surface area contributed by atoms with Crippen LogP contribution in [0.15, 0.2) is 35.0 Å². The zero-order valence-electron chi connectivity index (χ0n) is 17.9. The van der Waals surface area contributed by atoms with Crippen LogP contribution in [0.2, 0.25) is 0 Å². The number of benzene rings is 1. The molecule has 0 spiro atoms. The molecule has 0 heterocycles. The lowest BCUT2D eigenvalue weighted by Crippen LogP contribution is -2.36. The van der Waals surface area contributed by atoms with E-state index in [2.05, 4.69) is 18.0 Å². The Balaban J connectivity index is 3.05. The quantitative estimate of drug-likeness (QED) is 0.582. The normalized spacial score (nSPS) is 13.0. The van der Waals surface area contributed by atoms with Gasteiger partial charge in [-0.1, -0.05) is 37.6 Å². The molecule has 27 heavy (non-hydrogen) atoms. The molecule has 0 saturated carbocycles. The number of rotatable bonds is 8. The van der Waals surface area contributed by atoms with Gasteiger partial charge in [0.1, 0.15) is 5.71 Å². The first-order chi connectivity index (χ1) is 12.7. The fourth-order valence-corrected chi connectivity index (χ4v) is 2.77. The number of amides is 1. The van der Waals surface area contributed by atoms with Gasteiger partial charge in [0.15, 0.2) is 0 Å². The van der Waals surface area contributed by atoms with Gasteiger partial charge in [0, 0.05) is 18.8 Å². The van der Waals surface area contributed by atoms with Gasteiger partial charge in [-0.25, -0.2) is 0 Å². The molecule has 146 valence electrons. The Hall–Kier alpha value is -2.41. The Morgan fingerprint density at radius 3 is 2.22 bits per heavy atom. The Kier molecular flexibility index (Phi) is 8.43. The van der Waals surface area contributed by atoms with Crippen molar-refractivity contribution >= 4 is 17.2 Å². The van der Waals surface area contributed by atoms with Crippen LogP contribution in [0.3, 0.4) is 0 Å². The SMILES string of the molecule is CCCCN(CC)C(=O)C(C)=N/C(C)=C(\C)c1ccc(C(C)(C)C#N)cc1. The second-order valence-corrected chi connectivity index (χ2v) is 7.46. The van der Waals surface area contributed by atoms with E-state index in [1.807, 2.05) is 63.8 Å². The number of nitriles is 1. The molecule has 0 saturated heterocycles. The highest BCUT2D eigenvalue weighted by Crippen LogP contribution is 2.25. The van der Waals surface area contributed by atoms with Gasteiger partial charge in [0.05, 0.1) is 11.5 Å². The van der Waals surface area contributed by atoms with E-state index in [1.54, 1.807) is 6.92 Å². The van der Waals surface area contributed by atoms with E-state index in [0.717, 1.165) is 41.8 Å². The highest BCUT2D eigenvalue weighted by atomic mass is 16.2. The first-order valence-electron chi connectivity index (χ1n) is 9.72. The lowest BCUT2D eigenvalue weighted by molar-refractivity contribution is -0.124. The maximum atomic E-state index is 12.6. The van der Waals surface area contributed by atoms with Gasteiger partial charge in [-0.2, -0.15) is 5.26 Å². The highest BCUT2D eigenvalue weighted by molar-refractivity contribution is 6.38. The average molecular weight is 368 g/mol. The molecule has 0 unspecified atom stereocenters. The number of hydrogen-bond acceptors (Lipinski definition) is 3. The number of aliphatic imine (C=N–C) groups is 1. The molecule has 0 radical (unpaired) electrons. The third kappa shape index (κ3) is 6.06. The summed E-state index contributed by atoms with van der Waals surface area (Å²) in [6.45, 7) is 15.1. The number of unbranched alkanes of at least 4 members (excludes halogenated alkanes) is 1. The Labute approximate surface area is 164 Å². The summed E-state index contributed by atoms with van der Waals surface area (Å²) in [5, 5.41) is 9.27. The van der Waals surface area contributed by atoms with Crippen LogP contribution in [0, 0.1) is 11.3 Å². The predicted octanol–water partition coefficient (Wildman–Crippen LogP) is 5.35. The van der Waals surface area contributed by atoms with E-state index >= 15 is 0 Å². The molecule has 0 fully saturated rings. The van der Waals surface area contributed by atoms with Crippen molar-refractivity contribution in [2.24, 2.45) is 4.99 Å². The van der Waals surface area contributed by atoms with E-state index < -0.39 is 5.41 Å². The first kappa shape index (κ1) is 22.6. The molecular weight excluding hydrogens is 334 g/mol. The lowest BCUT2D eigenvalue weighted by Gasteiger charge is -2.20. The smallest absolute Gasteiger partial charge is 0.267 e. The summed E-state index contributed by atoms with van der Waals surface area (Å²) in [5.74, 6) is 0.00391. The van der Waals surface area contributed by atoms with Crippen LogP contribution in [-0.4, -0.2) is 29.6 Å². The van der Waals surface area contributed by atoms with Crippen molar-refractivity contribution in [3.05, 3.63) is 41.1 Å². The molecule has 0 N–H and O–H groups in total. The van der Waals surface area contributed by atoms with Gasteiger partial charge in [0.2, 0.25) is 0 Å². The summed E-state index contributed by atoms with van der Waals surface area (Å²) in [6.07, 6.45) is 2.07. The summed E-state index contributed by atoms with van der Waals surface area (Å²) < 4.78 is 0. The highest BCUT2D eigenvalue weighted by Gasteiger charge is 2.19. The standard InChI is InChI=1S/C23H33N3O/c1-8-10-15-26(9-2)22(27)19(5)25-18(4)17(3)20-11-13-21(14-12-20)23(6,7)16-24/h11-14H,8-10,15H2,1-7H3/b18-17+,25-19?. The van der Waals surface area contributed by atoms with Gasteiger partial charge in [-0.15, -0.1) is 0 Å². The van der Waals surface area contributed by atoms with E-state index in [9.17, 15) is 10.1 Å². The monoisotopic (exact) mass is 367 g/mol. The molecule has 0 aliphatic rings. The fourth-order valence-electron chi connectivity index (χ4n) is 2.77. The van der Waals surface area contributed by atoms with E-state index in [1.165, 1.54) is 0 Å². The topological polar surface area (TPSA) is 56.5 Å². The molecule has 1 amide bonds. The summed E-state index contributed by atoms with van der Waals surface area (Å²) in [4.78, 5) is 19.0. The molecule has 4 nitrogen and oxygen atoms in total. The van der Waals surface area contributed by atoms with Crippen molar-refractivity contribution in [2.75, 3.05) is 13.1 Å². The third-order valence-corrected chi connectivity index (χ3v) is 4.96. The van der Waals surface area contributed by atoms with Crippen LogP contribution >= 0.6 is 0 Å². The predicted molar refractivity (Wildman–Crippen MR) is 114 cm³/mol. The van der Waals surface area contributed by atoms with E-state index in [-0.39, 0.29) is 5.91 Å². The minimum atomic E-state index is -0.506. The van der Waals surface area contributed by atoms with Crippen molar-refractivity contribution in [3.63, 3.8) is 0 Å². The minimum absolute atomic E-state index is 0.00391. The molecule has 0 aliphatic heterocycles. The summed E-state index contributed by atoms with van der Waals surface area (Å²) in [6, 6.07) is 10.3. The van der Waals surface area contributed by atoms with Gasteiger partial charge in [-0.05, 0) is 64.7 Å². The number of allylic oxidation sites excluding steroid dienone is 2. The molecule has 0 aliphatic carbocycles. The summed E-state index contributed by atoms with van der Waals surface area (Å²) in [5.41, 5.74) is 3.91. The summed E-state index contributed by atoms with van der Waals surface area (Å²) >= 11 is 0. The van der Waals surface area contributed by atoms with Crippen molar-refractivity contribution in [2.45, 2.75) is 66.7 Å². The van der Waals surface area contributed by atoms with Crippen molar-refractivity contribution in [3.8, 4) is 6.07 Å². The maximum absolute atomic E-state index is 12.6. The van der Waals surface area contributed by atoms with Crippen LogP contribution in [0.5, 0.6) is 0 Å². The molecule has 1 rings (SSSR count). The largest absolute Gasteiger partial charge is 0.338 e. The van der Waals surface area contributed by atoms with Gasteiger partial charge >= 0.3 is 0 Å². The Morgan fingerprint density at radius 1 is 1.15 bits per heavy atom. The molecule has 0 aromatic heterocycles. The molecular formula is C23H33N3O. The lowest BCUT2D eigenvalue weighted by atomic mass is 9.85. The van der Waals surface area contributed by atoms with E-state index in [0.29, 0.717) is 12.3 Å². The van der Waals surface area contributed by atoms with Crippen molar-refractivity contribution < 1.29 is 4.79 Å². The number of hydrogen-bond donors (Lipinski definition) is 0. The number of carbonyl (C=O) groups excluding carboxylic acids is 1. The van der Waals surface area contributed by atoms with Crippen molar-refractivity contribution in [1.29, 1.82) is 5.26 Å². The average Bonchev–Trinajstić information content (AvgIpc) is 2.67. The maximum Gasteiger partial charge on any atom is 0.267 e. The van der Waals surface area contributed by atoms with Gasteiger partial charge < -0.3 is 4.90 Å². The number of carbonyl (C=O) groups is 1. The first-order valence-corrected chi connectivity index (χ1v) is 9.72. The summed E-state index contributed by atoms with van der Waals surface area (Å²) in [7, 11) is 0. The van der Waals surface area contributed by atoms with Crippen LogP contribution in [0.1, 0.15) is 72.4 Å². The molecule has 0 atom stereocenters. The molecule has 1 aromatic carbocycles. The van der Waals surface area contributed by atoms with Gasteiger partial charge in [-0.3, -0.25) is 9.79 Å². The Bertz CT molecular complexity index is 749. The van der Waals surface area contributed by atoms with Crippen LogP contribution < -0.4 is 0 Å². The third-order valence-electron chi connectivity index (χ3n) is 4.96. The zero-order valence-corrected chi connectivity index (χ0v) is 17.9. The van der Waals surface area contributed by atoms with E-state index in [4.69, 9.17) is 0 Å². The minimum Gasteiger partial charge on any atom is -0.338 e. The van der Waals surface area contributed by atoms with Crippen LogP contribution in [-0.2, 0) is 10.2 Å². The second kappa shape index (κ2) is 10.1. The fraction of sp³-hybridized carbons (Fsp3) is 0.522. The molecule has 1 aromatic rings. The number of nitrogens with zero attached hydrogens (tertiary/aromatic N) is 3. The Morgan fingerprint density at radius 2 is 1.74 bits per heavy atom.